The molecule has 0 spiro atoms. The Hall–Kier alpha value is -3.72. The van der Waals surface area contributed by atoms with E-state index in [-0.39, 0.29) is 12.2 Å². The standard InChI is InChI=1S/C20H16N4O4S/c1-27-15-5-3-2-4-14(15)18-22-20-24(23-18)19(26)16(29-20)10-12-6-8-13(9-7-12)28-11-17(21)25/h2-10H,11H2,1H3,(H2,21,25). The van der Waals surface area contributed by atoms with Crippen molar-refractivity contribution in [3.8, 4) is 22.9 Å². The van der Waals surface area contributed by atoms with Crippen LogP contribution in [0.4, 0.5) is 0 Å². The second kappa shape index (κ2) is 7.72. The van der Waals surface area contributed by atoms with E-state index in [4.69, 9.17) is 15.2 Å². The van der Waals surface area contributed by atoms with Crippen LogP contribution in [0.3, 0.4) is 0 Å². The van der Waals surface area contributed by atoms with Crippen molar-refractivity contribution in [3.05, 3.63) is 69.0 Å². The number of para-hydroxylation sites is 1. The van der Waals surface area contributed by atoms with Crippen molar-refractivity contribution in [2.75, 3.05) is 13.7 Å². The van der Waals surface area contributed by atoms with Crippen LogP contribution in [0.15, 0.2) is 53.3 Å². The van der Waals surface area contributed by atoms with Gasteiger partial charge in [-0.2, -0.15) is 9.50 Å². The lowest BCUT2D eigenvalue weighted by Crippen LogP contribution is -2.23. The molecule has 0 aliphatic heterocycles. The second-order valence-corrected chi connectivity index (χ2v) is 7.08. The maximum Gasteiger partial charge on any atom is 0.291 e. The second-order valence-electron chi connectivity index (χ2n) is 6.07. The Bertz CT molecular complexity index is 1290. The van der Waals surface area contributed by atoms with E-state index in [0.717, 1.165) is 11.1 Å². The molecule has 2 heterocycles. The minimum Gasteiger partial charge on any atom is -0.496 e. The van der Waals surface area contributed by atoms with Gasteiger partial charge < -0.3 is 15.2 Å². The van der Waals surface area contributed by atoms with Crippen molar-refractivity contribution >= 4 is 28.3 Å². The zero-order valence-corrected chi connectivity index (χ0v) is 16.2. The summed E-state index contributed by atoms with van der Waals surface area (Å²) in [6, 6.07) is 14.4. The van der Waals surface area contributed by atoms with Crippen molar-refractivity contribution in [2.24, 2.45) is 5.73 Å². The molecule has 146 valence electrons. The maximum absolute atomic E-state index is 12.7. The molecular formula is C20H16N4O4S. The number of rotatable bonds is 6. The molecule has 9 heteroatoms. The van der Waals surface area contributed by atoms with Gasteiger partial charge in [-0.25, -0.2) is 0 Å². The smallest absolute Gasteiger partial charge is 0.291 e. The normalized spacial score (nSPS) is 11.7. The van der Waals surface area contributed by atoms with Crippen LogP contribution in [0.25, 0.3) is 22.4 Å². The number of nitrogens with zero attached hydrogens (tertiary/aromatic N) is 3. The SMILES string of the molecule is COc1ccccc1-c1nc2sc(=Cc3ccc(OCC(N)=O)cc3)c(=O)n2n1. The number of hydrogen-bond acceptors (Lipinski definition) is 7. The zero-order chi connectivity index (χ0) is 20.4. The van der Waals surface area contributed by atoms with Crippen LogP contribution in [0.2, 0.25) is 0 Å². The Morgan fingerprint density at radius 2 is 1.97 bits per heavy atom. The summed E-state index contributed by atoms with van der Waals surface area (Å²) in [6.07, 6.45) is 1.75. The Labute approximate surface area is 168 Å². The minimum absolute atomic E-state index is 0.184. The molecule has 8 nitrogen and oxygen atoms in total. The van der Waals surface area contributed by atoms with Gasteiger partial charge in [0.2, 0.25) is 4.96 Å². The van der Waals surface area contributed by atoms with Gasteiger partial charge in [-0.05, 0) is 35.9 Å². The van der Waals surface area contributed by atoms with Crippen LogP contribution in [0, 0.1) is 0 Å². The number of nitrogens with two attached hydrogens (primary N) is 1. The minimum atomic E-state index is -0.543. The van der Waals surface area contributed by atoms with E-state index in [1.165, 1.54) is 15.9 Å². The van der Waals surface area contributed by atoms with Gasteiger partial charge in [0.25, 0.3) is 11.5 Å². The molecule has 0 atom stereocenters. The highest BCUT2D eigenvalue weighted by Gasteiger charge is 2.14. The summed E-state index contributed by atoms with van der Waals surface area (Å²) < 4.78 is 12.4. The first-order valence-electron chi connectivity index (χ1n) is 8.61. The number of benzene rings is 2. The number of primary amides is 1. The molecule has 2 N–H and O–H groups in total. The molecule has 4 rings (SSSR count). The monoisotopic (exact) mass is 408 g/mol. The number of amides is 1. The molecule has 4 aromatic rings. The number of fused-ring (bicyclic) bond motifs is 1. The summed E-state index contributed by atoms with van der Waals surface area (Å²) in [7, 11) is 1.58. The first-order chi connectivity index (χ1) is 14.0. The van der Waals surface area contributed by atoms with E-state index in [0.29, 0.717) is 26.8 Å². The summed E-state index contributed by atoms with van der Waals surface area (Å²) in [5.41, 5.74) is 6.34. The molecule has 0 saturated heterocycles. The van der Waals surface area contributed by atoms with E-state index in [2.05, 4.69) is 10.1 Å². The summed E-state index contributed by atoms with van der Waals surface area (Å²) in [6.45, 7) is -0.184. The van der Waals surface area contributed by atoms with Gasteiger partial charge in [0.05, 0.1) is 17.2 Å². The number of ether oxygens (including phenoxy) is 2. The van der Waals surface area contributed by atoms with Gasteiger partial charge in [-0.3, -0.25) is 9.59 Å². The van der Waals surface area contributed by atoms with Gasteiger partial charge >= 0.3 is 0 Å². The molecule has 0 aliphatic rings. The molecule has 0 radical (unpaired) electrons. The molecule has 29 heavy (non-hydrogen) atoms. The van der Waals surface area contributed by atoms with Crippen molar-refractivity contribution in [2.45, 2.75) is 0 Å². The van der Waals surface area contributed by atoms with E-state index in [1.54, 1.807) is 37.5 Å². The maximum atomic E-state index is 12.7. The average molecular weight is 408 g/mol. The lowest BCUT2D eigenvalue weighted by atomic mass is 10.2. The van der Waals surface area contributed by atoms with Crippen LogP contribution < -0.4 is 25.3 Å². The highest BCUT2D eigenvalue weighted by molar-refractivity contribution is 7.15. The van der Waals surface area contributed by atoms with Crippen LogP contribution in [-0.2, 0) is 4.79 Å². The molecule has 0 unspecified atom stereocenters. The number of methoxy groups -OCH3 is 1. The fourth-order valence-corrected chi connectivity index (χ4v) is 3.65. The lowest BCUT2D eigenvalue weighted by molar-refractivity contribution is -0.119. The van der Waals surface area contributed by atoms with E-state index in [9.17, 15) is 9.59 Å². The molecular weight excluding hydrogens is 392 g/mol. The number of aromatic nitrogens is 3. The van der Waals surface area contributed by atoms with E-state index in [1.807, 2.05) is 24.3 Å². The predicted molar refractivity (Wildman–Crippen MR) is 109 cm³/mol. The van der Waals surface area contributed by atoms with Gasteiger partial charge in [0.1, 0.15) is 11.5 Å². The zero-order valence-electron chi connectivity index (χ0n) is 15.4. The Morgan fingerprint density at radius 1 is 1.21 bits per heavy atom. The van der Waals surface area contributed by atoms with Crippen molar-refractivity contribution < 1.29 is 14.3 Å². The van der Waals surface area contributed by atoms with Gasteiger partial charge in [0.15, 0.2) is 12.4 Å². The predicted octanol–water partition coefficient (Wildman–Crippen LogP) is 1.24. The molecule has 2 aromatic heterocycles. The van der Waals surface area contributed by atoms with Crippen LogP contribution in [0.1, 0.15) is 5.56 Å². The molecule has 0 saturated carbocycles. The first-order valence-corrected chi connectivity index (χ1v) is 9.42. The molecule has 0 fully saturated rings. The topological polar surface area (TPSA) is 109 Å². The van der Waals surface area contributed by atoms with Crippen molar-refractivity contribution in [1.82, 2.24) is 14.6 Å². The summed E-state index contributed by atoms with van der Waals surface area (Å²) in [5, 5.41) is 4.35. The third-order valence-electron chi connectivity index (χ3n) is 4.09. The number of hydrogen-bond donors (Lipinski definition) is 1. The highest BCUT2D eigenvalue weighted by atomic mass is 32.1. The molecule has 2 aromatic carbocycles. The van der Waals surface area contributed by atoms with Crippen LogP contribution in [0.5, 0.6) is 11.5 Å². The summed E-state index contributed by atoms with van der Waals surface area (Å²) >= 11 is 1.25. The Morgan fingerprint density at radius 3 is 2.66 bits per heavy atom. The van der Waals surface area contributed by atoms with Gasteiger partial charge in [-0.1, -0.05) is 35.6 Å². The third kappa shape index (κ3) is 3.81. The van der Waals surface area contributed by atoms with E-state index >= 15 is 0 Å². The molecule has 0 bridgehead atoms. The van der Waals surface area contributed by atoms with Crippen molar-refractivity contribution in [3.63, 3.8) is 0 Å². The third-order valence-corrected chi connectivity index (χ3v) is 5.05. The largest absolute Gasteiger partial charge is 0.496 e. The highest BCUT2D eigenvalue weighted by Crippen LogP contribution is 2.27. The number of carbonyl (C=O) groups is 1. The first kappa shape index (κ1) is 18.6. The van der Waals surface area contributed by atoms with Gasteiger partial charge in [0, 0.05) is 0 Å². The van der Waals surface area contributed by atoms with Crippen molar-refractivity contribution in [1.29, 1.82) is 0 Å². The molecule has 0 aliphatic carbocycles. The Balaban J connectivity index is 1.66. The quantitative estimate of drug-likeness (QED) is 0.514. The van der Waals surface area contributed by atoms with Gasteiger partial charge in [-0.15, -0.1) is 5.10 Å². The molecule has 1 amide bonds. The lowest BCUT2D eigenvalue weighted by Gasteiger charge is -2.03. The summed E-state index contributed by atoms with van der Waals surface area (Å²) in [4.78, 5) is 28.5. The fourth-order valence-electron chi connectivity index (χ4n) is 2.74. The average Bonchev–Trinajstić information content (AvgIpc) is 3.27. The fraction of sp³-hybridized carbons (Fsp3) is 0.100. The Kier molecular flexibility index (Phi) is 4.96. The van der Waals surface area contributed by atoms with E-state index < -0.39 is 5.91 Å². The van der Waals surface area contributed by atoms with Crippen LogP contribution >= 0.6 is 11.3 Å². The van der Waals surface area contributed by atoms with Crippen LogP contribution in [-0.4, -0.2) is 34.2 Å². The number of carbonyl (C=O) groups excluding carboxylic acids is 1. The summed E-state index contributed by atoms with van der Waals surface area (Å²) in [5.74, 6) is 1.06. The number of thiazole rings is 1.